The van der Waals surface area contributed by atoms with Crippen molar-refractivity contribution in [3.63, 3.8) is 0 Å². The van der Waals surface area contributed by atoms with Gasteiger partial charge in [0.05, 0.1) is 0 Å². The Balaban J connectivity index is 1.67. The van der Waals surface area contributed by atoms with Crippen LogP contribution in [0, 0.1) is 18.7 Å². The van der Waals surface area contributed by atoms with Crippen LogP contribution in [0.1, 0.15) is 40.1 Å². The minimum Gasteiger partial charge on any atom is -0.480 e. The van der Waals surface area contributed by atoms with Gasteiger partial charge in [0.15, 0.2) is 0 Å². The number of carboxylic acid groups (broad SMARTS) is 1. The van der Waals surface area contributed by atoms with E-state index in [0.29, 0.717) is 22.4 Å². The number of halogens is 1. The molecule has 0 heterocycles. The van der Waals surface area contributed by atoms with Crippen LogP contribution in [0.4, 0.5) is 10.1 Å². The highest BCUT2D eigenvalue weighted by Gasteiger charge is 2.23. The smallest absolute Gasteiger partial charge is 0.326 e. The zero-order chi connectivity index (χ0) is 24.1. The van der Waals surface area contributed by atoms with Gasteiger partial charge in [-0.3, -0.25) is 9.59 Å². The van der Waals surface area contributed by atoms with Crippen molar-refractivity contribution in [2.45, 2.75) is 26.8 Å². The van der Waals surface area contributed by atoms with E-state index in [-0.39, 0.29) is 17.6 Å². The van der Waals surface area contributed by atoms with Gasteiger partial charge in [-0.05, 0) is 72.0 Å². The largest absolute Gasteiger partial charge is 0.480 e. The molecular formula is C26H25FN2O4. The van der Waals surface area contributed by atoms with Crippen LogP contribution in [0.3, 0.4) is 0 Å². The molecule has 2 amide bonds. The number of carbonyl (C=O) groups excluding carboxylic acids is 2. The van der Waals surface area contributed by atoms with Crippen molar-refractivity contribution < 1.29 is 23.9 Å². The molecule has 0 aliphatic heterocycles. The molecular weight excluding hydrogens is 423 g/mol. The first-order valence-corrected chi connectivity index (χ1v) is 10.5. The normalized spacial score (nSPS) is 11.7. The Kier molecular flexibility index (Phi) is 7.23. The summed E-state index contributed by atoms with van der Waals surface area (Å²) in [5.74, 6) is -2.45. The number of aryl methyl sites for hydroxylation is 1. The molecule has 0 spiro atoms. The average molecular weight is 448 g/mol. The van der Waals surface area contributed by atoms with Crippen molar-refractivity contribution in [3.8, 4) is 11.1 Å². The van der Waals surface area contributed by atoms with E-state index in [4.69, 9.17) is 0 Å². The van der Waals surface area contributed by atoms with Crippen LogP contribution in [0.25, 0.3) is 11.1 Å². The van der Waals surface area contributed by atoms with Crippen LogP contribution >= 0.6 is 0 Å². The van der Waals surface area contributed by atoms with E-state index in [1.54, 1.807) is 57.2 Å². The third-order valence-corrected chi connectivity index (χ3v) is 5.26. The van der Waals surface area contributed by atoms with Crippen molar-refractivity contribution in [3.05, 3.63) is 89.2 Å². The highest BCUT2D eigenvalue weighted by molar-refractivity contribution is 6.04. The van der Waals surface area contributed by atoms with Gasteiger partial charge in [-0.15, -0.1) is 0 Å². The fraction of sp³-hybridized carbons (Fsp3) is 0.192. The van der Waals surface area contributed by atoms with Gasteiger partial charge >= 0.3 is 5.97 Å². The van der Waals surface area contributed by atoms with Gasteiger partial charge in [-0.2, -0.15) is 0 Å². The second kappa shape index (κ2) is 10.1. The van der Waals surface area contributed by atoms with Crippen LogP contribution in [-0.2, 0) is 4.79 Å². The lowest BCUT2D eigenvalue weighted by Crippen LogP contribution is -2.44. The molecule has 3 aromatic carbocycles. The van der Waals surface area contributed by atoms with E-state index in [1.165, 1.54) is 18.2 Å². The number of carboxylic acids is 1. The fourth-order valence-electron chi connectivity index (χ4n) is 3.29. The quantitative estimate of drug-likeness (QED) is 0.479. The van der Waals surface area contributed by atoms with Gasteiger partial charge in [0.25, 0.3) is 11.8 Å². The standard InChI is InChI=1S/C26H25FN2O4/c1-15(2)23(26(32)33)29-24(30)19-6-4-17(5-7-19)18-8-11-21(12-9-18)28-25(31)20-10-13-22(27)16(3)14-20/h4-15,23H,1-3H3,(H,28,31)(H,29,30)(H,32,33)/t23-/m0/s1. The Labute approximate surface area is 191 Å². The lowest BCUT2D eigenvalue weighted by atomic mass is 10.0. The minimum atomic E-state index is -1.07. The Morgan fingerprint density at radius 2 is 1.36 bits per heavy atom. The molecule has 0 unspecified atom stereocenters. The lowest BCUT2D eigenvalue weighted by Gasteiger charge is -2.18. The van der Waals surface area contributed by atoms with Gasteiger partial charge in [-0.1, -0.05) is 38.1 Å². The Morgan fingerprint density at radius 3 is 1.88 bits per heavy atom. The summed E-state index contributed by atoms with van der Waals surface area (Å²) < 4.78 is 13.4. The first kappa shape index (κ1) is 23.7. The van der Waals surface area contributed by atoms with Crippen LogP contribution in [0.15, 0.2) is 66.7 Å². The topological polar surface area (TPSA) is 95.5 Å². The maximum atomic E-state index is 13.4. The highest BCUT2D eigenvalue weighted by Crippen LogP contribution is 2.23. The minimum absolute atomic E-state index is 0.239. The van der Waals surface area contributed by atoms with Crippen LogP contribution in [-0.4, -0.2) is 28.9 Å². The van der Waals surface area contributed by atoms with Gasteiger partial charge < -0.3 is 15.7 Å². The van der Waals surface area contributed by atoms with E-state index in [1.807, 2.05) is 12.1 Å². The zero-order valence-electron chi connectivity index (χ0n) is 18.6. The molecule has 0 aliphatic rings. The van der Waals surface area contributed by atoms with Gasteiger partial charge in [-0.25, -0.2) is 9.18 Å². The van der Waals surface area contributed by atoms with Crippen molar-refractivity contribution in [2.75, 3.05) is 5.32 Å². The number of nitrogens with one attached hydrogen (secondary N) is 2. The van der Waals surface area contributed by atoms with Crippen molar-refractivity contribution >= 4 is 23.5 Å². The third kappa shape index (κ3) is 5.83. The number of hydrogen-bond acceptors (Lipinski definition) is 3. The number of carbonyl (C=O) groups is 3. The van der Waals surface area contributed by atoms with Gasteiger partial charge in [0.2, 0.25) is 0 Å². The number of hydrogen-bond donors (Lipinski definition) is 3. The molecule has 0 fully saturated rings. The zero-order valence-corrected chi connectivity index (χ0v) is 18.6. The summed E-state index contributed by atoms with van der Waals surface area (Å²) in [5.41, 5.74) is 3.46. The second-order valence-corrected chi connectivity index (χ2v) is 8.11. The van der Waals surface area contributed by atoms with Crippen molar-refractivity contribution in [2.24, 2.45) is 5.92 Å². The molecule has 33 heavy (non-hydrogen) atoms. The molecule has 1 atom stereocenters. The summed E-state index contributed by atoms with van der Waals surface area (Å²) in [6.07, 6.45) is 0. The van der Waals surface area contributed by atoms with Crippen LogP contribution in [0.5, 0.6) is 0 Å². The van der Waals surface area contributed by atoms with Crippen molar-refractivity contribution in [1.29, 1.82) is 0 Å². The molecule has 0 aromatic heterocycles. The van der Waals surface area contributed by atoms with Crippen LogP contribution < -0.4 is 10.6 Å². The van der Waals surface area contributed by atoms with E-state index in [2.05, 4.69) is 10.6 Å². The summed E-state index contributed by atoms with van der Waals surface area (Å²) in [7, 11) is 0. The summed E-state index contributed by atoms with van der Waals surface area (Å²) in [4.78, 5) is 36.1. The summed E-state index contributed by atoms with van der Waals surface area (Å²) in [6, 6.07) is 17.2. The van der Waals surface area contributed by atoms with Gasteiger partial charge in [0.1, 0.15) is 11.9 Å². The second-order valence-electron chi connectivity index (χ2n) is 8.11. The maximum Gasteiger partial charge on any atom is 0.326 e. The molecule has 0 aliphatic carbocycles. The third-order valence-electron chi connectivity index (χ3n) is 5.26. The number of amides is 2. The fourth-order valence-corrected chi connectivity index (χ4v) is 3.29. The first-order valence-electron chi connectivity index (χ1n) is 10.5. The number of aliphatic carboxylic acids is 1. The summed E-state index contributed by atoms with van der Waals surface area (Å²) in [5, 5.41) is 14.6. The summed E-state index contributed by atoms with van der Waals surface area (Å²) in [6.45, 7) is 5.06. The SMILES string of the molecule is Cc1cc(C(=O)Nc2ccc(-c3ccc(C(=O)N[C@H](C(=O)O)C(C)C)cc3)cc2)ccc1F. The molecule has 3 rings (SSSR count). The lowest BCUT2D eigenvalue weighted by molar-refractivity contribution is -0.140. The molecule has 3 N–H and O–H groups in total. The number of benzene rings is 3. The molecule has 6 nitrogen and oxygen atoms in total. The van der Waals surface area contributed by atoms with Gasteiger partial charge in [0, 0.05) is 16.8 Å². The van der Waals surface area contributed by atoms with E-state index in [0.717, 1.165) is 11.1 Å². The average Bonchev–Trinajstić information content (AvgIpc) is 2.79. The van der Waals surface area contributed by atoms with Crippen LogP contribution in [0.2, 0.25) is 0 Å². The molecule has 0 bridgehead atoms. The predicted octanol–water partition coefficient (Wildman–Crippen LogP) is 4.89. The highest BCUT2D eigenvalue weighted by atomic mass is 19.1. The van der Waals surface area contributed by atoms with Crippen molar-refractivity contribution in [1.82, 2.24) is 5.32 Å². The Morgan fingerprint density at radius 1 is 0.818 bits per heavy atom. The monoisotopic (exact) mass is 448 g/mol. The first-order chi connectivity index (χ1) is 15.7. The van der Waals surface area contributed by atoms with E-state index >= 15 is 0 Å². The molecule has 0 saturated carbocycles. The van der Waals surface area contributed by atoms with E-state index < -0.39 is 17.9 Å². The molecule has 3 aromatic rings. The maximum absolute atomic E-state index is 13.4. The van der Waals surface area contributed by atoms with E-state index in [9.17, 15) is 23.9 Å². The molecule has 7 heteroatoms. The molecule has 0 radical (unpaired) electrons. The molecule has 170 valence electrons. The Hall–Kier alpha value is -4.00. The number of rotatable bonds is 7. The predicted molar refractivity (Wildman–Crippen MR) is 125 cm³/mol. The summed E-state index contributed by atoms with van der Waals surface area (Å²) >= 11 is 0. The molecule has 0 saturated heterocycles. The number of anilines is 1. The Bertz CT molecular complexity index is 1170.